The van der Waals surface area contributed by atoms with Gasteiger partial charge in [-0.25, -0.2) is 4.98 Å². The van der Waals surface area contributed by atoms with Crippen molar-refractivity contribution in [3.63, 3.8) is 0 Å². The van der Waals surface area contributed by atoms with Crippen molar-refractivity contribution in [1.82, 2.24) is 34.9 Å². The lowest BCUT2D eigenvalue weighted by Gasteiger charge is -2.13. The monoisotopic (exact) mass is 402 g/mol. The van der Waals surface area contributed by atoms with Crippen molar-refractivity contribution in [2.24, 2.45) is 4.99 Å². The average molecular weight is 403 g/mol. The molecule has 0 aliphatic heterocycles. The van der Waals surface area contributed by atoms with Gasteiger partial charge < -0.3 is 15.2 Å². The van der Waals surface area contributed by atoms with Crippen LogP contribution in [0.25, 0.3) is 16.7 Å². The first-order valence-corrected chi connectivity index (χ1v) is 10.1. The van der Waals surface area contributed by atoms with E-state index in [0.29, 0.717) is 6.54 Å². The standard InChI is InChI=1S/C22H26N8/c1-17-27-19-11-6-7-12-20(19)29(17)14-8-13-24-22(23-2)25-15-21-28-26-16-30(21)18-9-4-3-5-10-18/h3-7,9-12,16H,8,13-15H2,1-2H3,(H2,23,24,25). The lowest BCUT2D eigenvalue weighted by molar-refractivity contribution is 0.623. The topological polar surface area (TPSA) is 84.9 Å². The molecule has 0 amide bonds. The van der Waals surface area contributed by atoms with Gasteiger partial charge in [-0.1, -0.05) is 30.3 Å². The minimum absolute atomic E-state index is 0.528. The molecule has 8 heteroatoms. The first-order valence-electron chi connectivity index (χ1n) is 10.1. The molecule has 0 radical (unpaired) electrons. The molecule has 2 heterocycles. The quantitative estimate of drug-likeness (QED) is 0.282. The molecule has 0 saturated heterocycles. The number of para-hydroxylation sites is 3. The molecule has 4 rings (SSSR count). The van der Waals surface area contributed by atoms with E-state index in [0.717, 1.165) is 48.3 Å². The highest BCUT2D eigenvalue weighted by Crippen LogP contribution is 2.15. The first-order chi connectivity index (χ1) is 14.8. The number of aromatic nitrogens is 5. The molecule has 0 spiro atoms. The van der Waals surface area contributed by atoms with E-state index in [2.05, 4.69) is 60.5 Å². The van der Waals surface area contributed by atoms with E-state index >= 15 is 0 Å². The second-order valence-electron chi connectivity index (χ2n) is 6.96. The van der Waals surface area contributed by atoms with Gasteiger partial charge in [0.2, 0.25) is 0 Å². The minimum atomic E-state index is 0.528. The molecule has 0 saturated carbocycles. The van der Waals surface area contributed by atoms with Crippen LogP contribution in [-0.2, 0) is 13.1 Å². The summed E-state index contributed by atoms with van der Waals surface area (Å²) in [6, 6.07) is 18.3. The average Bonchev–Trinajstić information content (AvgIpc) is 3.38. The summed E-state index contributed by atoms with van der Waals surface area (Å²) >= 11 is 0. The molecular formula is C22H26N8. The number of nitrogens with one attached hydrogen (secondary N) is 2. The van der Waals surface area contributed by atoms with E-state index < -0.39 is 0 Å². The van der Waals surface area contributed by atoms with Gasteiger partial charge in [0, 0.05) is 25.8 Å². The fraction of sp³-hybridized carbons (Fsp3) is 0.273. The van der Waals surface area contributed by atoms with E-state index in [1.165, 1.54) is 5.52 Å². The Bertz CT molecular complexity index is 1130. The van der Waals surface area contributed by atoms with Crippen LogP contribution in [0, 0.1) is 6.92 Å². The van der Waals surface area contributed by atoms with Crippen LogP contribution >= 0.6 is 0 Å². The Balaban J connectivity index is 1.29. The van der Waals surface area contributed by atoms with E-state index in [4.69, 9.17) is 0 Å². The largest absolute Gasteiger partial charge is 0.356 e. The number of guanidine groups is 1. The minimum Gasteiger partial charge on any atom is -0.356 e. The van der Waals surface area contributed by atoms with Crippen LogP contribution in [0.5, 0.6) is 0 Å². The number of rotatable bonds is 7. The predicted octanol–water partition coefficient (Wildman–Crippen LogP) is 2.68. The Morgan fingerprint density at radius 3 is 2.67 bits per heavy atom. The molecule has 154 valence electrons. The highest BCUT2D eigenvalue weighted by atomic mass is 15.3. The fourth-order valence-electron chi connectivity index (χ4n) is 3.49. The molecule has 0 fully saturated rings. The third-order valence-electron chi connectivity index (χ3n) is 4.99. The molecule has 2 aromatic heterocycles. The number of hydrogen-bond donors (Lipinski definition) is 2. The number of imidazole rings is 1. The van der Waals surface area contributed by atoms with Crippen LogP contribution in [0.3, 0.4) is 0 Å². The lowest BCUT2D eigenvalue weighted by Crippen LogP contribution is -2.38. The van der Waals surface area contributed by atoms with Gasteiger partial charge in [0.1, 0.15) is 12.2 Å². The lowest BCUT2D eigenvalue weighted by atomic mass is 10.3. The third kappa shape index (κ3) is 4.32. The highest BCUT2D eigenvalue weighted by Gasteiger charge is 2.08. The smallest absolute Gasteiger partial charge is 0.191 e. The SMILES string of the molecule is CN=C(NCCCn1c(C)nc2ccccc21)NCc1nncn1-c1ccccc1. The molecule has 2 aromatic carbocycles. The Labute approximate surface area is 175 Å². The summed E-state index contributed by atoms with van der Waals surface area (Å²) in [6.45, 7) is 4.28. The van der Waals surface area contributed by atoms with E-state index in [1.807, 2.05) is 41.0 Å². The number of aliphatic imine (C=N–C) groups is 1. The van der Waals surface area contributed by atoms with Gasteiger partial charge >= 0.3 is 0 Å². The van der Waals surface area contributed by atoms with Gasteiger partial charge in [-0.3, -0.25) is 9.56 Å². The van der Waals surface area contributed by atoms with Crippen molar-refractivity contribution >= 4 is 17.0 Å². The van der Waals surface area contributed by atoms with Crippen LogP contribution in [0.1, 0.15) is 18.1 Å². The van der Waals surface area contributed by atoms with Crippen molar-refractivity contribution < 1.29 is 0 Å². The molecule has 0 bridgehead atoms. The maximum atomic E-state index is 4.63. The summed E-state index contributed by atoms with van der Waals surface area (Å²) in [5, 5.41) is 15.0. The molecule has 4 aromatic rings. The number of hydrogen-bond acceptors (Lipinski definition) is 4. The maximum absolute atomic E-state index is 4.63. The van der Waals surface area contributed by atoms with Crippen molar-refractivity contribution in [3.05, 3.63) is 72.6 Å². The van der Waals surface area contributed by atoms with Crippen molar-refractivity contribution in [1.29, 1.82) is 0 Å². The zero-order valence-corrected chi connectivity index (χ0v) is 17.3. The van der Waals surface area contributed by atoms with E-state index in [1.54, 1.807) is 13.4 Å². The van der Waals surface area contributed by atoms with Crippen molar-refractivity contribution in [2.75, 3.05) is 13.6 Å². The summed E-state index contributed by atoms with van der Waals surface area (Å²) in [5.74, 6) is 2.61. The van der Waals surface area contributed by atoms with E-state index in [-0.39, 0.29) is 0 Å². The predicted molar refractivity (Wildman–Crippen MR) is 119 cm³/mol. The third-order valence-corrected chi connectivity index (χ3v) is 4.99. The maximum Gasteiger partial charge on any atom is 0.191 e. The Hall–Kier alpha value is -3.68. The Kier molecular flexibility index (Phi) is 6.03. The molecule has 0 aliphatic rings. The normalized spacial score (nSPS) is 11.7. The fourth-order valence-corrected chi connectivity index (χ4v) is 3.49. The Morgan fingerprint density at radius 2 is 1.83 bits per heavy atom. The number of benzene rings is 2. The summed E-state index contributed by atoms with van der Waals surface area (Å²) in [7, 11) is 1.77. The number of aryl methyl sites for hydroxylation is 2. The van der Waals surface area contributed by atoms with Gasteiger partial charge in [-0.05, 0) is 37.6 Å². The van der Waals surface area contributed by atoms with Crippen LogP contribution in [-0.4, -0.2) is 43.9 Å². The number of nitrogens with zero attached hydrogens (tertiary/aromatic N) is 6. The van der Waals surface area contributed by atoms with Gasteiger partial charge in [-0.15, -0.1) is 10.2 Å². The molecular weight excluding hydrogens is 376 g/mol. The first kappa shape index (κ1) is 19.6. The van der Waals surface area contributed by atoms with E-state index in [9.17, 15) is 0 Å². The molecule has 30 heavy (non-hydrogen) atoms. The highest BCUT2D eigenvalue weighted by molar-refractivity contribution is 5.79. The summed E-state index contributed by atoms with van der Waals surface area (Å²) in [4.78, 5) is 8.94. The van der Waals surface area contributed by atoms with Crippen LogP contribution in [0.15, 0.2) is 65.9 Å². The van der Waals surface area contributed by atoms with Gasteiger partial charge in [0.25, 0.3) is 0 Å². The molecule has 0 unspecified atom stereocenters. The molecule has 2 N–H and O–H groups in total. The molecule has 0 aliphatic carbocycles. The van der Waals surface area contributed by atoms with Crippen LogP contribution in [0.4, 0.5) is 0 Å². The number of fused-ring (bicyclic) bond motifs is 1. The zero-order chi connectivity index (χ0) is 20.8. The summed E-state index contributed by atoms with van der Waals surface area (Å²) in [6.07, 6.45) is 2.68. The van der Waals surface area contributed by atoms with Crippen LogP contribution in [0.2, 0.25) is 0 Å². The summed E-state index contributed by atoms with van der Waals surface area (Å²) in [5.41, 5.74) is 3.26. The zero-order valence-electron chi connectivity index (χ0n) is 17.3. The van der Waals surface area contributed by atoms with Gasteiger partial charge in [0.05, 0.1) is 17.6 Å². The molecule has 8 nitrogen and oxygen atoms in total. The van der Waals surface area contributed by atoms with Crippen LogP contribution < -0.4 is 10.6 Å². The van der Waals surface area contributed by atoms with Crippen molar-refractivity contribution in [2.45, 2.75) is 26.4 Å². The second kappa shape index (κ2) is 9.21. The Morgan fingerprint density at radius 1 is 1.03 bits per heavy atom. The van der Waals surface area contributed by atoms with Gasteiger partial charge in [0.15, 0.2) is 11.8 Å². The van der Waals surface area contributed by atoms with Crippen molar-refractivity contribution in [3.8, 4) is 5.69 Å². The molecule has 0 atom stereocenters. The summed E-state index contributed by atoms with van der Waals surface area (Å²) < 4.78 is 4.22. The van der Waals surface area contributed by atoms with Gasteiger partial charge in [-0.2, -0.15) is 0 Å². The second-order valence-corrected chi connectivity index (χ2v) is 6.96.